The van der Waals surface area contributed by atoms with Crippen molar-refractivity contribution >= 4 is 22.3 Å². The Morgan fingerprint density at radius 3 is 2.48 bits per heavy atom. The van der Waals surface area contributed by atoms with Crippen LogP contribution in [0.2, 0.25) is 0 Å². The summed E-state index contributed by atoms with van der Waals surface area (Å²) in [6.45, 7) is 0.773. The fourth-order valence-electron chi connectivity index (χ4n) is 2.38. The monoisotopic (exact) mass is 277 g/mol. The van der Waals surface area contributed by atoms with Crippen molar-refractivity contribution < 1.29 is 0 Å². The summed E-state index contributed by atoms with van der Waals surface area (Å²) < 4.78 is 0. The van der Waals surface area contributed by atoms with E-state index in [1.165, 1.54) is 16.6 Å². The average Bonchev–Trinajstić information content (AvgIpc) is 2.53. The lowest BCUT2D eigenvalue weighted by molar-refractivity contribution is 1.12. The number of pyridine rings is 1. The van der Waals surface area contributed by atoms with E-state index in [9.17, 15) is 0 Å². The molecule has 0 aliphatic carbocycles. The molecule has 0 amide bonds. The van der Waals surface area contributed by atoms with Crippen LogP contribution in [0.25, 0.3) is 10.9 Å². The van der Waals surface area contributed by atoms with Gasteiger partial charge in [-0.3, -0.25) is 4.98 Å². The van der Waals surface area contributed by atoms with Gasteiger partial charge in [-0.25, -0.2) is 0 Å². The third-order valence-corrected chi connectivity index (χ3v) is 3.58. The van der Waals surface area contributed by atoms with Crippen molar-refractivity contribution in [2.24, 2.45) is 0 Å². The van der Waals surface area contributed by atoms with Crippen molar-refractivity contribution in [3.63, 3.8) is 0 Å². The fourth-order valence-corrected chi connectivity index (χ4v) is 2.38. The zero-order chi connectivity index (χ0) is 14.7. The highest BCUT2D eigenvalue weighted by atomic mass is 15.1. The van der Waals surface area contributed by atoms with Crippen molar-refractivity contribution in [3.05, 3.63) is 66.4 Å². The minimum atomic E-state index is 0.773. The van der Waals surface area contributed by atoms with E-state index in [1.807, 2.05) is 26.4 Å². The first-order valence-electron chi connectivity index (χ1n) is 7.08. The Hall–Kier alpha value is -2.55. The zero-order valence-corrected chi connectivity index (χ0v) is 12.4. The maximum atomic E-state index is 4.48. The second-order valence-corrected chi connectivity index (χ2v) is 5.29. The van der Waals surface area contributed by atoms with Crippen LogP contribution in [0, 0.1) is 0 Å². The lowest BCUT2D eigenvalue weighted by Gasteiger charge is -2.13. The minimum Gasteiger partial charge on any atom is -0.381 e. The second-order valence-electron chi connectivity index (χ2n) is 5.29. The SMILES string of the molecule is CN(C)c1ccc(NCc2cccc3cccnc23)cc1. The van der Waals surface area contributed by atoms with Gasteiger partial charge in [0.1, 0.15) is 0 Å². The molecular weight excluding hydrogens is 258 g/mol. The van der Waals surface area contributed by atoms with Crippen molar-refractivity contribution in [1.29, 1.82) is 0 Å². The molecule has 1 N–H and O–H groups in total. The van der Waals surface area contributed by atoms with Gasteiger partial charge in [0.25, 0.3) is 0 Å². The highest BCUT2D eigenvalue weighted by molar-refractivity contribution is 5.81. The molecule has 3 nitrogen and oxygen atoms in total. The molecule has 3 heteroatoms. The van der Waals surface area contributed by atoms with Gasteiger partial charge in [0.2, 0.25) is 0 Å². The lowest BCUT2D eigenvalue weighted by Crippen LogP contribution is -2.08. The fraction of sp³-hybridized carbons (Fsp3) is 0.167. The Bertz CT molecular complexity index is 728. The van der Waals surface area contributed by atoms with E-state index >= 15 is 0 Å². The zero-order valence-electron chi connectivity index (χ0n) is 12.4. The topological polar surface area (TPSA) is 28.2 Å². The van der Waals surface area contributed by atoms with E-state index in [1.54, 1.807) is 0 Å². The Labute approximate surface area is 125 Å². The molecule has 1 aromatic heterocycles. The number of benzene rings is 2. The molecule has 0 atom stereocenters. The predicted octanol–water partition coefficient (Wildman–Crippen LogP) is 3.91. The summed E-state index contributed by atoms with van der Waals surface area (Å²) in [4.78, 5) is 6.58. The molecule has 0 saturated heterocycles. The molecule has 3 aromatic rings. The molecule has 0 fully saturated rings. The maximum absolute atomic E-state index is 4.48. The summed E-state index contributed by atoms with van der Waals surface area (Å²) in [7, 11) is 4.09. The Balaban J connectivity index is 1.77. The van der Waals surface area contributed by atoms with Gasteiger partial charge >= 0.3 is 0 Å². The molecule has 2 aromatic carbocycles. The minimum absolute atomic E-state index is 0.773. The van der Waals surface area contributed by atoms with Gasteiger partial charge < -0.3 is 10.2 Å². The number of nitrogens with one attached hydrogen (secondary N) is 1. The number of hydrogen-bond donors (Lipinski definition) is 1. The Morgan fingerprint density at radius 2 is 1.71 bits per heavy atom. The van der Waals surface area contributed by atoms with Gasteiger partial charge in [-0.05, 0) is 35.9 Å². The van der Waals surface area contributed by atoms with Gasteiger partial charge in [-0.15, -0.1) is 0 Å². The summed E-state index contributed by atoms with van der Waals surface area (Å²) in [6.07, 6.45) is 1.84. The molecule has 1 heterocycles. The molecule has 0 aliphatic rings. The first kappa shape index (κ1) is 13.4. The van der Waals surface area contributed by atoms with Gasteiger partial charge in [0.15, 0.2) is 0 Å². The summed E-state index contributed by atoms with van der Waals surface area (Å²) in [5.74, 6) is 0. The van der Waals surface area contributed by atoms with Crippen LogP contribution >= 0.6 is 0 Å². The van der Waals surface area contributed by atoms with Crippen LogP contribution in [0.4, 0.5) is 11.4 Å². The number of fused-ring (bicyclic) bond motifs is 1. The number of para-hydroxylation sites is 1. The molecule has 21 heavy (non-hydrogen) atoms. The number of rotatable bonds is 4. The highest BCUT2D eigenvalue weighted by Gasteiger charge is 2.02. The first-order chi connectivity index (χ1) is 10.2. The van der Waals surface area contributed by atoms with Crippen LogP contribution in [0.5, 0.6) is 0 Å². The van der Waals surface area contributed by atoms with Gasteiger partial charge in [-0.1, -0.05) is 24.3 Å². The summed E-state index contributed by atoms with van der Waals surface area (Å²) in [5.41, 5.74) is 4.60. The molecule has 0 aliphatic heterocycles. The standard InChI is InChI=1S/C18H19N3/c1-21(2)17-10-8-16(9-11-17)20-13-15-6-3-5-14-7-4-12-19-18(14)15/h3-12,20H,13H2,1-2H3. The highest BCUT2D eigenvalue weighted by Crippen LogP contribution is 2.19. The van der Waals surface area contributed by atoms with Gasteiger partial charge in [0.05, 0.1) is 5.52 Å². The molecule has 106 valence electrons. The van der Waals surface area contributed by atoms with Crippen LogP contribution in [0.15, 0.2) is 60.8 Å². The molecular formula is C18H19N3. The smallest absolute Gasteiger partial charge is 0.0751 e. The van der Waals surface area contributed by atoms with E-state index in [-0.39, 0.29) is 0 Å². The number of nitrogens with zero attached hydrogens (tertiary/aromatic N) is 2. The van der Waals surface area contributed by atoms with Crippen LogP contribution in [0.3, 0.4) is 0 Å². The quantitative estimate of drug-likeness (QED) is 0.783. The van der Waals surface area contributed by atoms with E-state index < -0.39 is 0 Å². The van der Waals surface area contributed by atoms with Crippen molar-refractivity contribution in [2.75, 3.05) is 24.3 Å². The van der Waals surface area contributed by atoms with Crippen LogP contribution in [-0.4, -0.2) is 19.1 Å². The molecule has 0 bridgehead atoms. The van der Waals surface area contributed by atoms with Crippen molar-refractivity contribution in [3.8, 4) is 0 Å². The third-order valence-electron chi connectivity index (χ3n) is 3.58. The summed E-state index contributed by atoms with van der Waals surface area (Å²) in [6, 6.07) is 18.8. The molecule has 0 unspecified atom stereocenters. The number of anilines is 2. The molecule has 3 rings (SSSR count). The van der Waals surface area contributed by atoms with E-state index in [2.05, 4.69) is 63.7 Å². The Morgan fingerprint density at radius 1 is 0.952 bits per heavy atom. The first-order valence-corrected chi connectivity index (χ1v) is 7.08. The third kappa shape index (κ3) is 2.97. The van der Waals surface area contributed by atoms with Crippen LogP contribution in [-0.2, 0) is 6.54 Å². The van der Waals surface area contributed by atoms with E-state index in [0.717, 1.165) is 17.7 Å². The maximum Gasteiger partial charge on any atom is 0.0751 e. The van der Waals surface area contributed by atoms with Crippen molar-refractivity contribution in [2.45, 2.75) is 6.54 Å². The van der Waals surface area contributed by atoms with E-state index in [0.29, 0.717) is 0 Å². The largest absolute Gasteiger partial charge is 0.381 e. The number of hydrogen-bond acceptors (Lipinski definition) is 3. The molecule has 0 saturated carbocycles. The van der Waals surface area contributed by atoms with Gasteiger partial charge in [-0.2, -0.15) is 0 Å². The van der Waals surface area contributed by atoms with Gasteiger partial charge in [0, 0.05) is 43.6 Å². The van der Waals surface area contributed by atoms with Crippen LogP contribution in [0.1, 0.15) is 5.56 Å². The summed E-state index contributed by atoms with van der Waals surface area (Å²) in [5, 5.41) is 4.64. The average molecular weight is 277 g/mol. The molecule has 0 spiro atoms. The summed E-state index contributed by atoms with van der Waals surface area (Å²) >= 11 is 0. The number of aromatic nitrogens is 1. The predicted molar refractivity (Wildman–Crippen MR) is 89.8 cm³/mol. The van der Waals surface area contributed by atoms with E-state index in [4.69, 9.17) is 0 Å². The normalized spacial score (nSPS) is 10.6. The Kier molecular flexibility index (Phi) is 3.73. The lowest BCUT2D eigenvalue weighted by atomic mass is 10.1. The van der Waals surface area contributed by atoms with Crippen LogP contribution < -0.4 is 10.2 Å². The van der Waals surface area contributed by atoms with Crippen molar-refractivity contribution in [1.82, 2.24) is 4.98 Å². The molecule has 0 radical (unpaired) electrons. The second kappa shape index (κ2) is 5.83.